The molecule has 0 unspecified atom stereocenters. The predicted octanol–water partition coefficient (Wildman–Crippen LogP) is 0.703. The number of H-pyrrole nitrogens is 1. The van der Waals surface area contributed by atoms with Crippen LogP contribution >= 0.6 is 0 Å². The summed E-state index contributed by atoms with van der Waals surface area (Å²) in [4.78, 5) is 30.6. The number of fused-ring (bicyclic) bond motifs is 3. The maximum absolute atomic E-state index is 12.1. The first-order valence-corrected chi connectivity index (χ1v) is 6.64. The van der Waals surface area contributed by atoms with Crippen molar-refractivity contribution < 1.29 is 0 Å². The molecule has 20 heavy (non-hydrogen) atoms. The lowest BCUT2D eigenvalue weighted by Crippen LogP contribution is -2.28. The van der Waals surface area contributed by atoms with Gasteiger partial charge in [-0.05, 0) is 20.3 Å². The van der Waals surface area contributed by atoms with Gasteiger partial charge in [0.15, 0.2) is 11.2 Å². The second-order valence-corrected chi connectivity index (χ2v) is 5.06. The van der Waals surface area contributed by atoms with E-state index in [-0.39, 0.29) is 0 Å². The highest BCUT2D eigenvalue weighted by Crippen LogP contribution is 2.20. The van der Waals surface area contributed by atoms with Crippen LogP contribution in [0.3, 0.4) is 0 Å². The summed E-state index contributed by atoms with van der Waals surface area (Å²) in [6.45, 7) is 6.90. The summed E-state index contributed by atoms with van der Waals surface area (Å²) in [5.74, 6) is 0.712. The Morgan fingerprint density at radius 1 is 1.20 bits per heavy atom. The van der Waals surface area contributed by atoms with E-state index in [1.165, 1.54) is 4.57 Å². The maximum Gasteiger partial charge on any atom is 0.329 e. The number of hydrogen-bond donors (Lipinski definition) is 1. The highest BCUT2D eigenvalue weighted by atomic mass is 16.2. The third kappa shape index (κ3) is 1.43. The van der Waals surface area contributed by atoms with Gasteiger partial charge in [-0.1, -0.05) is 6.92 Å². The zero-order valence-corrected chi connectivity index (χ0v) is 12.0. The lowest BCUT2D eigenvalue weighted by atomic mass is 10.3. The summed E-state index contributed by atoms with van der Waals surface area (Å²) in [5.41, 5.74) is 2.07. The van der Waals surface area contributed by atoms with E-state index in [4.69, 9.17) is 0 Å². The van der Waals surface area contributed by atoms with Crippen LogP contribution in [-0.4, -0.2) is 23.5 Å². The van der Waals surface area contributed by atoms with Crippen molar-refractivity contribution in [3.8, 4) is 0 Å². The highest BCUT2D eigenvalue weighted by Gasteiger charge is 2.19. The minimum atomic E-state index is -0.445. The summed E-state index contributed by atoms with van der Waals surface area (Å²) >= 11 is 0. The Hall–Kier alpha value is -2.31. The fourth-order valence-corrected chi connectivity index (χ4v) is 2.67. The van der Waals surface area contributed by atoms with E-state index in [1.54, 1.807) is 7.05 Å². The molecule has 1 N–H and O–H groups in total. The van der Waals surface area contributed by atoms with Gasteiger partial charge in [0.05, 0.1) is 0 Å². The summed E-state index contributed by atoms with van der Waals surface area (Å²) < 4.78 is 5.28. The monoisotopic (exact) mass is 275 g/mol. The van der Waals surface area contributed by atoms with Crippen LogP contribution in [0.5, 0.6) is 0 Å². The number of aromatic nitrogens is 5. The van der Waals surface area contributed by atoms with E-state index < -0.39 is 11.2 Å². The van der Waals surface area contributed by atoms with Gasteiger partial charge in [0.1, 0.15) is 0 Å². The van der Waals surface area contributed by atoms with E-state index in [0.29, 0.717) is 16.9 Å². The molecule has 106 valence electrons. The lowest BCUT2D eigenvalue weighted by Gasteiger charge is -2.03. The third-order valence-corrected chi connectivity index (χ3v) is 3.85. The number of aryl methyl sites for hydroxylation is 3. The van der Waals surface area contributed by atoms with Gasteiger partial charge in [0.2, 0.25) is 5.78 Å². The van der Waals surface area contributed by atoms with E-state index in [0.717, 1.165) is 24.4 Å². The second-order valence-electron chi connectivity index (χ2n) is 5.06. The molecule has 0 aliphatic heterocycles. The first-order valence-electron chi connectivity index (χ1n) is 6.64. The molecule has 0 fully saturated rings. The van der Waals surface area contributed by atoms with E-state index in [9.17, 15) is 9.59 Å². The standard InChI is InChI=1S/C13H17N5O2/c1-5-6-17-7(2)8(3)18-9-10(14-12(17)18)16(4)13(20)15-11(9)19/h5-6H2,1-4H3,(H,15,19,20). The molecule has 3 aromatic heterocycles. The Labute approximate surface area is 114 Å². The molecule has 0 aromatic carbocycles. The minimum Gasteiger partial charge on any atom is -0.314 e. The van der Waals surface area contributed by atoms with Gasteiger partial charge in [-0.15, -0.1) is 0 Å². The molecule has 0 spiro atoms. The predicted molar refractivity (Wildman–Crippen MR) is 76.3 cm³/mol. The zero-order chi connectivity index (χ0) is 14.6. The van der Waals surface area contributed by atoms with Gasteiger partial charge >= 0.3 is 5.69 Å². The van der Waals surface area contributed by atoms with Crippen LogP contribution in [0.25, 0.3) is 16.9 Å². The molecule has 3 aromatic rings. The van der Waals surface area contributed by atoms with Gasteiger partial charge in [-0.2, -0.15) is 4.98 Å². The fourth-order valence-electron chi connectivity index (χ4n) is 2.67. The number of aromatic amines is 1. The lowest BCUT2D eigenvalue weighted by molar-refractivity contribution is 0.676. The largest absolute Gasteiger partial charge is 0.329 e. The Bertz CT molecular complexity index is 938. The Morgan fingerprint density at radius 2 is 1.90 bits per heavy atom. The van der Waals surface area contributed by atoms with Crippen LogP contribution < -0.4 is 11.2 Å². The van der Waals surface area contributed by atoms with Crippen molar-refractivity contribution in [1.82, 2.24) is 23.5 Å². The van der Waals surface area contributed by atoms with Gasteiger partial charge in [0.25, 0.3) is 5.56 Å². The minimum absolute atomic E-state index is 0.396. The highest BCUT2D eigenvalue weighted by molar-refractivity contribution is 5.76. The first kappa shape index (κ1) is 12.7. The molecular formula is C13H17N5O2. The topological polar surface area (TPSA) is 77.1 Å². The van der Waals surface area contributed by atoms with Crippen molar-refractivity contribution in [2.24, 2.45) is 7.05 Å². The number of hydrogen-bond acceptors (Lipinski definition) is 3. The molecule has 0 saturated carbocycles. The Balaban J connectivity index is 2.61. The van der Waals surface area contributed by atoms with Gasteiger partial charge < -0.3 is 4.57 Å². The van der Waals surface area contributed by atoms with Gasteiger partial charge in [-0.3, -0.25) is 18.7 Å². The molecule has 7 nitrogen and oxygen atoms in total. The molecule has 0 bridgehead atoms. The van der Waals surface area contributed by atoms with Crippen molar-refractivity contribution in [3.63, 3.8) is 0 Å². The quantitative estimate of drug-likeness (QED) is 0.748. The average Bonchev–Trinajstić information content (AvgIpc) is 2.89. The molecule has 0 aliphatic carbocycles. The van der Waals surface area contributed by atoms with Gasteiger partial charge in [-0.25, -0.2) is 4.79 Å². The SMILES string of the molecule is CCCn1c(C)c(C)n2c3c(=O)[nH]c(=O)n(C)c3nc12. The maximum atomic E-state index is 12.1. The van der Waals surface area contributed by atoms with Crippen LogP contribution in [0.15, 0.2) is 9.59 Å². The summed E-state index contributed by atoms with van der Waals surface area (Å²) in [7, 11) is 1.61. The smallest absolute Gasteiger partial charge is 0.314 e. The van der Waals surface area contributed by atoms with Crippen LogP contribution in [0.2, 0.25) is 0 Å². The molecule has 0 aliphatic rings. The van der Waals surface area contributed by atoms with Crippen LogP contribution in [0.1, 0.15) is 24.7 Å². The summed E-state index contributed by atoms with van der Waals surface area (Å²) in [6, 6.07) is 0. The number of rotatable bonds is 2. The van der Waals surface area contributed by atoms with Crippen molar-refractivity contribution in [2.75, 3.05) is 0 Å². The molecule has 0 atom stereocenters. The molecule has 0 amide bonds. The van der Waals surface area contributed by atoms with E-state index in [2.05, 4.69) is 21.5 Å². The second kappa shape index (κ2) is 4.09. The van der Waals surface area contributed by atoms with Crippen LogP contribution in [0, 0.1) is 13.8 Å². The normalized spacial score (nSPS) is 11.8. The molecule has 3 rings (SSSR count). The zero-order valence-electron chi connectivity index (χ0n) is 12.0. The van der Waals surface area contributed by atoms with E-state index in [1.807, 2.05) is 18.2 Å². The Morgan fingerprint density at radius 3 is 2.55 bits per heavy atom. The van der Waals surface area contributed by atoms with Crippen molar-refractivity contribution >= 4 is 16.9 Å². The number of nitrogens with zero attached hydrogens (tertiary/aromatic N) is 4. The summed E-state index contributed by atoms with van der Waals surface area (Å²) in [5, 5.41) is 0. The molecule has 0 radical (unpaired) electrons. The van der Waals surface area contributed by atoms with Gasteiger partial charge in [0, 0.05) is 25.0 Å². The molecule has 7 heteroatoms. The van der Waals surface area contributed by atoms with Crippen molar-refractivity contribution in [2.45, 2.75) is 33.7 Å². The molecule has 0 saturated heterocycles. The molecular weight excluding hydrogens is 258 g/mol. The fraction of sp³-hybridized carbons (Fsp3) is 0.462. The third-order valence-electron chi connectivity index (χ3n) is 3.85. The van der Waals surface area contributed by atoms with E-state index >= 15 is 0 Å². The Kier molecular flexibility index (Phi) is 2.60. The number of nitrogens with one attached hydrogen (secondary N) is 1. The van der Waals surface area contributed by atoms with Crippen LogP contribution in [-0.2, 0) is 13.6 Å². The number of imidazole rings is 2. The van der Waals surface area contributed by atoms with Crippen molar-refractivity contribution in [3.05, 3.63) is 32.2 Å². The molecule has 3 heterocycles. The first-order chi connectivity index (χ1) is 9.47. The average molecular weight is 275 g/mol. The summed E-state index contributed by atoms with van der Waals surface area (Å²) in [6.07, 6.45) is 0.975. The van der Waals surface area contributed by atoms with Crippen molar-refractivity contribution in [1.29, 1.82) is 0 Å². The van der Waals surface area contributed by atoms with Crippen LogP contribution in [0.4, 0.5) is 0 Å².